The van der Waals surface area contributed by atoms with Gasteiger partial charge in [0.2, 0.25) is 0 Å². The van der Waals surface area contributed by atoms with E-state index >= 15 is 0 Å². The lowest BCUT2D eigenvalue weighted by atomic mass is 10.3. The van der Waals surface area contributed by atoms with Gasteiger partial charge in [0.15, 0.2) is 5.84 Å². The fourth-order valence-corrected chi connectivity index (χ4v) is 1.69. The number of fused-ring (bicyclic) bond motifs is 1. The predicted octanol–water partition coefficient (Wildman–Crippen LogP) is 3.05. The lowest BCUT2D eigenvalue weighted by Gasteiger charge is -2.04. The quantitative estimate of drug-likeness (QED) is 0.787. The molecule has 2 aromatic rings. The molecule has 0 fully saturated rings. The van der Waals surface area contributed by atoms with Crippen LogP contribution in [-0.2, 0) is 0 Å². The van der Waals surface area contributed by atoms with Crippen LogP contribution in [0.15, 0.2) is 59.6 Å². The highest BCUT2D eigenvalue weighted by molar-refractivity contribution is 5.96. The molecule has 0 unspecified atom stereocenters. The number of nitrogens with zero attached hydrogens (tertiary/aromatic N) is 2. The van der Waals surface area contributed by atoms with E-state index in [0.29, 0.717) is 6.61 Å². The van der Waals surface area contributed by atoms with Crippen LogP contribution in [0, 0.1) is 0 Å². The van der Waals surface area contributed by atoms with Crippen LogP contribution in [0.1, 0.15) is 0 Å². The molecule has 3 nitrogen and oxygen atoms in total. The summed E-state index contributed by atoms with van der Waals surface area (Å²) in [6.45, 7) is 0.401. The van der Waals surface area contributed by atoms with Gasteiger partial charge in [-0.3, -0.25) is 0 Å². The van der Waals surface area contributed by atoms with Gasteiger partial charge in [-0.1, -0.05) is 30.3 Å². The molecule has 3 rings (SSSR count). The molecule has 1 aliphatic heterocycles. The highest BCUT2D eigenvalue weighted by Crippen LogP contribution is 2.29. The van der Waals surface area contributed by atoms with Crippen LogP contribution in [0.5, 0.6) is 5.75 Å². The number of ether oxygens (including phenoxy) is 1. The van der Waals surface area contributed by atoms with E-state index in [1.165, 1.54) is 0 Å². The van der Waals surface area contributed by atoms with Crippen LogP contribution < -0.4 is 10.1 Å². The summed E-state index contributed by atoms with van der Waals surface area (Å²) in [4.78, 5) is 4.39. The topological polar surface area (TPSA) is 35.7 Å². The van der Waals surface area contributed by atoms with E-state index in [9.17, 15) is 0 Å². The molecule has 2 aromatic carbocycles. The molecule has 0 atom stereocenters. The summed E-state index contributed by atoms with van der Waals surface area (Å²) >= 11 is 0. The molecular weight excluding hydrogens is 212 g/mol. The first-order valence-corrected chi connectivity index (χ1v) is 5.48. The highest BCUT2D eigenvalue weighted by Gasteiger charge is 2.14. The lowest BCUT2D eigenvalue weighted by Crippen LogP contribution is -2.16. The third-order valence-corrected chi connectivity index (χ3v) is 2.49. The highest BCUT2D eigenvalue weighted by atomic mass is 16.5. The molecule has 0 aliphatic carbocycles. The molecule has 1 aliphatic rings. The Bertz CT molecular complexity index is 549. The molecule has 0 amide bonds. The minimum absolute atomic E-state index is 0.401. The van der Waals surface area contributed by atoms with Gasteiger partial charge in [0.05, 0.1) is 11.4 Å². The summed E-state index contributed by atoms with van der Waals surface area (Å²) in [6, 6.07) is 17.5. The fourth-order valence-electron chi connectivity index (χ4n) is 1.69. The second-order valence-electron chi connectivity index (χ2n) is 3.73. The zero-order chi connectivity index (χ0) is 11.5. The van der Waals surface area contributed by atoms with Crippen LogP contribution in [0.2, 0.25) is 0 Å². The van der Waals surface area contributed by atoms with Gasteiger partial charge in [-0.25, -0.2) is 10.3 Å². The lowest BCUT2D eigenvalue weighted by molar-refractivity contribution is 0.374. The molecule has 0 saturated carbocycles. The molecule has 83 valence electrons. The molecule has 0 saturated heterocycles. The van der Waals surface area contributed by atoms with Crippen molar-refractivity contribution in [3.05, 3.63) is 54.6 Å². The maximum absolute atomic E-state index is 5.60. The maximum atomic E-state index is 5.60. The fraction of sp³-hybridized carbons (Fsp3) is 0.0714. The Morgan fingerprint density at radius 3 is 2.29 bits per heavy atom. The minimum atomic E-state index is 0.401. The summed E-state index contributed by atoms with van der Waals surface area (Å²) in [5.41, 5.74) is 1.83. The van der Waals surface area contributed by atoms with Crippen molar-refractivity contribution in [3.63, 3.8) is 0 Å². The van der Waals surface area contributed by atoms with E-state index in [2.05, 4.69) is 10.3 Å². The summed E-state index contributed by atoms with van der Waals surface area (Å²) in [7, 11) is 0. The van der Waals surface area contributed by atoms with Crippen molar-refractivity contribution in [2.45, 2.75) is 0 Å². The van der Waals surface area contributed by atoms with Crippen molar-refractivity contribution < 1.29 is 4.74 Å². The van der Waals surface area contributed by atoms with Crippen LogP contribution in [0.3, 0.4) is 0 Å². The van der Waals surface area contributed by atoms with Crippen molar-refractivity contribution in [2.24, 2.45) is 4.99 Å². The Hall–Kier alpha value is -2.29. The van der Waals surface area contributed by atoms with Gasteiger partial charge in [0, 0.05) is 0 Å². The van der Waals surface area contributed by atoms with E-state index in [1.54, 1.807) is 0 Å². The Morgan fingerprint density at radius 2 is 1.53 bits per heavy atom. The number of aliphatic imine (C=N–C) groups is 1. The Balaban J connectivity index is 1.66. The SMILES string of the molecule is c1ccc(OCC2=Nc3ccccc3[N]2)cc1. The van der Waals surface area contributed by atoms with Crippen molar-refractivity contribution in [2.75, 3.05) is 6.61 Å². The van der Waals surface area contributed by atoms with Gasteiger partial charge in [0.25, 0.3) is 0 Å². The van der Waals surface area contributed by atoms with E-state index in [-0.39, 0.29) is 0 Å². The first-order valence-electron chi connectivity index (χ1n) is 5.48. The van der Waals surface area contributed by atoms with Crippen molar-refractivity contribution in [3.8, 4) is 5.75 Å². The van der Waals surface area contributed by atoms with Gasteiger partial charge in [-0.2, -0.15) is 0 Å². The molecule has 1 radical (unpaired) electrons. The van der Waals surface area contributed by atoms with Gasteiger partial charge in [-0.05, 0) is 24.3 Å². The van der Waals surface area contributed by atoms with E-state index in [1.807, 2.05) is 54.6 Å². The first-order chi connectivity index (χ1) is 8.42. The average molecular weight is 223 g/mol. The second-order valence-corrected chi connectivity index (χ2v) is 3.73. The van der Waals surface area contributed by atoms with Crippen molar-refractivity contribution in [1.29, 1.82) is 0 Å². The monoisotopic (exact) mass is 223 g/mol. The number of hydrogen-bond acceptors (Lipinski definition) is 2. The minimum Gasteiger partial charge on any atom is -0.486 e. The molecule has 17 heavy (non-hydrogen) atoms. The van der Waals surface area contributed by atoms with Crippen molar-refractivity contribution in [1.82, 2.24) is 5.32 Å². The summed E-state index contributed by atoms with van der Waals surface area (Å²) in [6.07, 6.45) is 0. The Morgan fingerprint density at radius 1 is 0.824 bits per heavy atom. The average Bonchev–Trinajstić information content (AvgIpc) is 2.80. The number of hydrogen-bond donors (Lipinski definition) is 0. The smallest absolute Gasteiger partial charge is 0.167 e. The third-order valence-electron chi connectivity index (χ3n) is 2.49. The molecule has 3 heteroatoms. The molecule has 0 aromatic heterocycles. The number of amidine groups is 1. The second kappa shape index (κ2) is 4.29. The number of para-hydroxylation sites is 3. The number of rotatable bonds is 3. The standard InChI is InChI=1S/C14H11N2O/c1-2-6-11(7-3-1)17-10-14-15-12-8-4-5-9-13(12)16-14/h1-9H,10H2. The van der Waals surface area contributed by atoms with Crippen LogP contribution in [0.25, 0.3) is 0 Å². The van der Waals surface area contributed by atoms with Gasteiger partial charge in [0.1, 0.15) is 12.4 Å². The zero-order valence-electron chi connectivity index (χ0n) is 9.21. The van der Waals surface area contributed by atoms with Gasteiger partial charge >= 0.3 is 0 Å². The maximum Gasteiger partial charge on any atom is 0.167 e. The molecule has 0 bridgehead atoms. The zero-order valence-corrected chi connectivity index (χ0v) is 9.21. The summed E-state index contributed by atoms with van der Waals surface area (Å²) < 4.78 is 5.60. The predicted molar refractivity (Wildman–Crippen MR) is 67.3 cm³/mol. The summed E-state index contributed by atoms with van der Waals surface area (Å²) in [5.74, 6) is 1.55. The molecule has 1 heterocycles. The van der Waals surface area contributed by atoms with Crippen LogP contribution in [-0.4, -0.2) is 12.4 Å². The third kappa shape index (κ3) is 2.13. The van der Waals surface area contributed by atoms with E-state index in [0.717, 1.165) is 23.0 Å². The summed E-state index contributed by atoms with van der Waals surface area (Å²) in [5, 5.41) is 4.39. The number of benzene rings is 2. The van der Waals surface area contributed by atoms with E-state index in [4.69, 9.17) is 4.74 Å². The van der Waals surface area contributed by atoms with Gasteiger partial charge < -0.3 is 4.74 Å². The van der Waals surface area contributed by atoms with Gasteiger partial charge in [-0.15, -0.1) is 0 Å². The molecule has 0 N–H and O–H groups in total. The van der Waals surface area contributed by atoms with Crippen molar-refractivity contribution >= 4 is 17.2 Å². The normalized spacial score (nSPS) is 12.6. The largest absolute Gasteiger partial charge is 0.486 e. The van der Waals surface area contributed by atoms with Crippen LogP contribution >= 0.6 is 0 Å². The Labute approximate surface area is 99.8 Å². The van der Waals surface area contributed by atoms with E-state index < -0.39 is 0 Å². The van der Waals surface area contributed by atoms with Crippen LogP contribution in [0.4, 0.5) is 11.4 Å². The first kappa shape index (κ1) is 9.90. The molecular formula is C14H11N2O. The Kier molecular flexibility index (Phi) is 2.50. The molecule has 0 spiro atoms.